The number of anilines is 3. The molecule has 4 heterocycles. The molecule has 4 aromatic rings. The number of hydrogen-bond donors (Lipinski definition) is 3. The normalized spacial score (nSPS) is 10.8. The first kappa shape index (κ1) is 21.7. The minimum atomic E-state index is -0.461. The summed E-state index contributed by atoms with van der Waals surface area (Å²) in [7, 11) is 0. The zero-order valence-electron chi connectivity index (χ0n) is 16.7. The van der Waals surface area contributed by atoms with Gasteiger partial charge in [-0.15, -0.1) is 34.0 Å². The van der Waals surface area contributed by atoms with E-state index >= 15 is 0 Å². The number of nitriles is 1. The number of pyridine rings is 1. The van der Waals surface area contributed by atoms with Crippen LogP contribution in [0.1, 0.15) is 27.9 Å². The number of ether oxygens (including phenoxy) is 1. The van der Waals surface area contributed by atoms with Crippen molar-refractivity contribution in [2.75, 3.05) is 23.4 Å². The fraction of sp³-hybridized carbons (Fsp3) is 0.150. The Kier molecular flexibility index (Phi) is 6.04. The number of rotatable bonds is 6. The number of nitrogens with two attached hydrogens (primary N) is 2. The average Bonchev–Trinajstić information content (AvgIpc) is 3.49. The van der Waals surface area contributed by atoms with Gasteiger partial charge in [0.2, 0.25) is 0 Å². The second-order valence-corrected chi connectivity index (χ2v) is 9.25. The molecule has 5 N–H and O–H groups in total. The highest BCUT2D eigenvalue weighted by Gasteiger charge is 2.25. The molecule has 0 saturated heterocycles. The van der Waals surface area contributed by atoms with Gasteiger partial charge in [-0.3, -0.25) is 14.9 Å². The van der Waals surface area contributed by atoms with Gasteiger partial charge in [0.1, 0.15) is 27.2 Å². The molecule has 32 heavy (non-hydrogen) atoms. The molecule has 9 nitrogen and oxygen atoms in total. The smallest absolute Gasteiger partial charge is 0.311 e. The molecule has 4 rings (SSSR count). The highest BCUT2D eigenvalue weighted by atomic mass is 32.1. The average molecular weight is 485 g/mol. The number of fused-ring (bicyclic) bond motifs is 1. The summed E-state index contributed by atoms with van der Waals surface area (Å²) in [6.07, 6.45) is 0.0234. The SMILES string of the molecule is CCOC(=O)Cc1csc(NC(=O)c2sc3nc(N)c(C#N)c(-c4cccs4)c3c2N)n1. The van der Waals surface area contributed by atoms with E-state index in [1.54, 1.807) is 12.3 Å². The molecule has 0 radical (unpaired) electrons. The van der Waals surface area contributed by atoms with Crippen molar-refractivity contribution < 1.29 is 14.3 Å². The van der Waals surface area contributed by atoms with Crippen LogP contribution in [-0.2, 0) is 16.0 Å². The van der Waals surface area contributed by atoms with Crippen LogP contribution in [0.15, 0.2) is 22.9 Å². The Morgan fingerprint density at radius 3 is 2.78 bits per heavy atom. The lowest BCUT2D eigenvalue weighted by Crippen LogP contribution is -2.12. The number of thiazole rings is 1. The maximum absolute atomic E-state index is 12.9. The maximum Gasteiger partial charge on any atom is 0.311 e. The lowest BCUT2D eigenvalue weighted by molar-refractivity contribution is -0.142. The summed E-state index contributed by atoms with van der Waals surface area (Å²) in [5.74, 6) is -0.764. The van der Waals surface area contributed by atoms with Crippen molar-refractivity contribution in [3.63, 3.8) is 0 Å². The lowest BCUT2D eigenvalue weighted by atomic mass is 10.0. The Morgan fingerprint density at radius 1 is 1.28 bits per heavy atom. The molecule has 4 aromatic heterocycles. The number of nitrogens with zero attached hydrogens (tertiary/aromatic N) is 3. The first-order chi connectivity index (χ1) is 15.4. The third-order valence-electron chi connectivity index (χ3n) is 4.39. The summed E-state index contributed by atoms with van der Waals surface area (Å²) in [5, 5.41) is 16.8. The zero-order valence-corrected chi connectivity index (χ0v) is 19.1. The van der Waals surface area contributed by atoms with Crippen molar-refractivity contribution in [2.45, 2.75) is 13.3 Å². The van der Waals surface area contributed by atoms with Crippen molar-refractivity contribution in [1.29, 1.82) is 5.26 Å². The molecule has 1 amide bonds. The van der Waals surface area contributed by atoms with E-state index in [2.05, 4.69) is 21.4 Å². The standard InChI is InChI=1S/C20H16N6O3S3/c1-2-29-12(27)6-9-8-31-20(24-9)26-18(28)16-15(22)14-13(11-4-3-5-30-11)10(7-21)17(23)25-19(14)32-16/h3-5,8H,2,6,22H2,1H3,(H2,23,25)(H,24,26,28). The van der Waals surface area contributed by atoms with Gasteiger partial charge in [-0.05, 0) is 18.4 Å². The molecule has 0 aliphatic carbocycles. The molecule has 12 heteroatoms. The largest absolute Gasteiger partial charge is 0.466 e. The molecule has 0 aliphatic heterocycles. The second-order valence-electron chi connectivity index (χ2n) is 6.44. The van der Waals surface area contributed by atoms with Crippen LogP contribution in [0.4, 0.5) is 16.6 Å². The van der Waals surface area contributed by atoms with E-state index in [-0.39, 0.29) is 40.9 Å². The number of hydrogen-bond acceptors (Lipinski definition) is 11. The molecule has 0 bridgehead atoms. The third-order valence-corrected chi connectivity index (χ3v) is 7.19. The van der Waals surface area contributed by atoms with E-state index in [1.807, 2.05) is 17.5 Å². The fourth-order valence-corrected chi connectivity index (χ4v) is 5.57. The number of carbonyl (C=O) groups is 2. The van der Waals surface area contributed by atoms with Gasteiger partial charge in [-0.2, -0.15) is 5.26 Å². The van der Waals surface area contributed by atoms with E-state index in [1.165, 1.54) is 22.7 Å². The predicted molar refractivity (Wildman–Crippen MR) is 127 cm³/mol. The van der Waals surface area contributed by atoms with E-state index in [0.717, 1.165) is 16.2 Å². The van der Waals surface area contributed by atoms with Gasteiger partial charge < -0.3 is 16.2 Å². The molecule has 0 atom stereocenters. The van der Waals surface area contributed by atoms with Gasteiger partial charge in [0.25, 0.3) is 5.91 Å². The van der Waals surface area contributed by atoms with Crippen molar-refractivity contribution in [1.82, 2.24) is 9.97 Å². The quantitative estimate of drug-likeness (QED) is 0.348. The predicted octanol–water partition coefficient (Wildman–Crippen LogP) is 3.88. The maximum atomic E-state index is 12.9. The highest BCUT2D eigenvalue weighted by molar-refractivity contribution is 7.21. The summed E-state index contributed by atoms with van der Waals surface area (Å²) in [4.78, 5) is 34.6. The Hall–Kier alpha value is -3.53. The minimum absolute atomic E-state index is 0.0234. The Balaban J connectivity index is 1.69. The van der Waals surface area contributed by atoms with Gasteiger partial charge in [-0.25, -0.2) is 9.97 Å². The van der Waals surface area contributed by atoms with Crippen molar-refractivity contribution >= 4 is 72.7 Å². The summed E-state index contributed by atoms with van der Waals surface area (Å²) in [5.41, 5.74) is 13.9. The van der Waals surface area contributed by atoms with E-state index in [9.17, 15) is 14.9 Å². The van der Waals surface area contributed by atoms with E-state index in [4.69, 9.17) is 16.2 Å². The molecular weight excluding hydrogens is 468 g/mol. The highest BCUT2D eigenvalue weighted by Crippen LogP contribution is 2.44. The summed E-state index contributed by atoms with van der Waals surface area (Å²) in [6.45, 7) is 2.02. The molecular formula is C20H16N6O3S3. The van der Waals surface area contributed by atoms with Crippen LogP contribution in [0.2, 0.25) is 0 Å². The van der Waals surface area contributed by atoms with Crippen LogP contribution >= 0.6 is 34.0 Å². The lowest BCUT2D eigenvalue weighted by Gasteiger charge is -2.07. The Labute approximate surface area is 194 Å². The van der Waals surface area contributed by atoms with Crippen molar-refractivity contribution in [2.24, 2.45) is 0 Å². The number of aromatic nitrogens is 2. The Bertz CT molecular complexity index is 1370. The van der Waals surface area contributed by atoms with Gasteiger partial charge in [0.15, 0.2) is 5.13 Å². The first-order valence-electron chi connectivity index (χ1n) is 9.29. The van der Waals surface area contributed by atoms with Crippen LogP contribution in [-0.4, -0.2) is 28.5 Å². The Morgan fingerprint density at radius 2 is 2.09 bits per heavy atom. The van der Waals surface area contributed by atoms with Crippen molar-refractivity contribution in [3.8, 4) is 16.5 Å². The monoisotopic (exact) mass is 484 g/mol. The van der Waals surface area contributed by atoms with Gasteiger partial charge >= 0.3 is 5.97 Å². The summed E-state index contributed by atoms with van der Waals surface area (Å²) < 4.78 is 4.91. The topological polar surface area (TPSA) is 157 Å². The second kappa shape index (κ2) is 8.91. The van der Waals surface area contributed by atoms with Crippen LogP contribution in [0, 0.1) is 11.3 Å². The van der Waals surface area contributed by atoms with E-state index < -0.39 is 5.91 Å². The molecule has 0 fully saturated rings. The number of nitrogens with one attached hydrogen (secondary N) is 1. The van der Waals surface area contributed by atoms with Crippen molar-refractivity contribution in [3.05, 3.63) is 39.0 Å². The molecule has 0 aromatic carbocycles. The van der Waals surface area contributed by atoms with Gasteiger partial charge in [-0.1, -0.05) is 6.07 Å². The summed E-state index contributed by atoms with van der Waals surface area (Å²) >= 11 is 3.72. The summed E-state index contributed by atoms with van der Waals surface area (Å²) in [6, 6.07) is 5.81. The van der Waals surface area contributed by atoms with Gasteiger partial charge in [0.05, 0.1) is 24.4 Å². The fourth-order valence-electron chi connectivity index (χ4n) is 3.08. The van der Waals surface area contributed by atoms with Crippen LogP contribution in [0.5, 0.6) is 0 Å². The van der Waals surface area contributed by atoms with Gasteiger partial charge in [0, 0.05) is 21.2 Å². The number of nitrogen functional groups attached to an aromatic ring is 2. The number of carbonyl (C=O) groups excluding carboxylic acids is 2. The molecule has 0 aliphatic rings. The third kappa shape index (κ3) is 4.01. The van der Waals surface area contributed by atoms with Crippen LogP contribution < -0.4 is 16.8 Å². The number of thiophene rings is 2. The number of esters is 1. The first-order valence-corrected chi connectivity index (χ1v) is 11.9. The molecule has 0 spiro atoms. The molecule has 0 saturated carbocycles. The van der Waals surface area contributed by atoms with E-state index in [0.29, 0.717) is 26.6 Å². The van der Waals surface area contributed by atoms with Crippen LogP contribution in [0.3, 0.4) is 0 Å². The zero-order chi connectivity index (χ0) is 22.8. The molecule has 162 valence electrons. The van der Waals surface area contributed by atoms with Crippen LogP contribution in [0.25, 0.3) is 20.7 Å². The number of amides is 1. The minimum Gasteiger partial charge on any atom is -0.466 e. The molecule has 0 unspecified atom stereocenters.